The molecule has 0 aliphatic carbocycles. The number of nitrogens with two attached hydrogens (primary N) is 1. The van der Waals surface area contributed by atoms with Gasteiger partial charge in [-0.05, 0) is 48.5 Å². The van der Waals surface area contributed by atoms with Gasteiger partial charge in [0.2, 0.25) is 0 Å². The van der Waals surface area contributed by atoms with Gasteiger partial charge in [-0.25, -0.2) is 10.2 Å². The fourth-order valence-electron chi connectivity index (χ4n) is 3.17. The molecule has 0 saturated carbocycles. The van der Waals surface area contributed by atoms with Crippen molar-refractivity contribution in [2.75, 3.05) is 44.2 Å². The fraction of sp³-hybridized carbons (Fsp3) is 0.350. The van der Waals surface area contributed by atoms with Crippen molar-refractivity contribution >= 4 is 11.6 Å². The monoisotopic (exact) mass is 388 g/mol. The van der Waals surface area contributed by atoms with E-state index in [2.05, 4.69) is 15.2 Å². The van der Waals surface area contributed by atoms with E-state index in [4.69, 9.17) is 10.6 Å². The SMILES string of the molecule is NNC(=O)c1ccc(OC[C@H](O)CN2CCN(c3ccc(F)cc3)CC2)cc1. The number of anilines is 1. The van der Waals surface area contributed by atoms with E-state index in [1.165, 1.54) is 12.1 Å². The number of β-amino-alcohol motifs (C(OH)–C–C–N with tert-alkyl or cyclic N) is 1. The van der Waals surface area contributed by atoms with Gasteiger partial charge in [0.1, 0.15) is 24.3 Å². The molecule has 1 atom stereocenters. The predicted molar refractivity (Wildman–Crippen MR) is 105 cm³/mol. The summed E-state index contributed by atoms with van der Waals surface area (Å²) >= 11 is 0. The minimum atomic E-state index is -0.621. The summed E-state index contributed by atoms with van der Waals surface area (Å²) in [6.07, 6.45) is -0.621. The van der Waals surface area contributed by atoms with Gasteiger partial charge < -0.3 is 14.7 Å². The number of carbonyl (C=O) groups is 1. The topological polar surface area (TPSA) is 91.1 Å². The van der Waals surface area contributed by atoms with E-state index >= 15 is 0 Å². The molecule has 0 bridgehead atoms. The first-order valence-corrected chi connectivity index (χ1v) is 9.20. The van der Waals surface area contributed by atoms with Crippen LogP contribution >= 0.6 is 0 Å². The van der Waals surface area contributed by atoms with Crippen molar-refractivity contribution in [2.45, 2.75) is 6.10 Å². The van der Waals surface area contributed by atoms with E-state index in [1.807, 2.05) is 0 Å². The quantitative estimate of drug-likeness (QED) is 0.372. The molecule has 1 aliphatic heterocycles. The molecule has 1 amide bonds. The van der Waals surface area contributed by atoms with Crippen molar-refractivity contribution < 1.29 is 19.0 Å². The first kappa shape index (κ1) is 20.1. The number of hydrogen-bond donors (Lipinski definition) is 3. The third-order valence-electron chi connectivity index (χ3n) is 4.72. The standard InChI is InChI=1S/C20H25FN4O3/c21-16-3-5-17(6-4-16)25-11-9-24(10-12-25)13-18(26)14-28-19-7-1-15(2-8-19)20(27)23-22/h1-8,18,26H,9-14,22H2,(H,23,27)/t18-/m1/s1. The number of ether oxygens (including phenoxy) is 1. The van der Waals surface area contributed by atoms with Crippen molar-refractivity contribution in [1.29, 1.82) is 0 Å². The largest absolute Gasteiger partial charge is 0.491 e. The van der Waals surface area contributed by atoms with Gasteiger partial charge in [-0.15, -0.1) is 0 Å². The molecule has 1 saturated heterocycles. The number of carbonyl (C=O) groups excluding carboxylic acids is 1. The molecule has 0 spiro atoms. The van der Waals surface area contributed by atoms with E-state index < -0.39 is 6.10 Å². The predicted octanol–water partition coefficient (Wildman–Crippen LogP) is 0.991. The number of amides is 1. The molecule has 1 aliphatic rings. The van der Waals surface area contributed by atoms with Gasteiger partial charge in [0.15, 0.2) is 0 Å². The van der Waals surface area contributed by atoms with Crippen LogP contribution in [0.3, 0.4) is 0 Å². The van der Waals surface area contributed by atoms with Gasteiger partial charge in [0, 0.05) is 44.0 Å². The highest BCUT2D eigenvalue weighted by atomic mass is 19.1. The van der Waals surface area contributed by atoms with E-state index in [0.29, 0.717) is 17.9 Å². The molecule has 7 nitrogen and oxygen atoms in total. The Kier molecular flexibility index (Phi) is 6.80. The lowest BCUT2D eigenvalue weighted by Gasteiger charge is -2.36. The van der Waals surface area contributed by atoms with Gasteiger partial charge in [-0.1, -0.05) is 0 Å². The lowest BCUT2D eigenvalue weighted by atomic mass is 10.2. The van der Waals surface area contributed by atoms with Crippen molar-refractivity contribution in [1.82, 2.24) is 10.3 Å². The first-order valence-electron chi connectivity index (χ1n) is 9.20. The van der Waals surface area contributed by atoms with Crippen molar-refractivity contribution in [2.24, 2.45) is 5.84 Å². The second-order valence-corrected chi connectivity index (χ2v) is 6.73. The van der Waals surface area contributed by atoms with Crippen molar-refractivity contribution in [3.63, 3.8) is 0 Å². The molecule has 0 unspecified atom stereocenters. The highest BCUT2D eigenvalue weighted by molar-refractivity contribution is 5.93. The second-order valence-electron chi connectivity index (χ2n) is 6.73. The number of halogens is 1. The van der Waals surface area contributed by atoms with E-state index in [9.17, 15) is 14.3 Å². The van der Waals surface area contributed by atoms with Gasteiger partial charge in [-0.2, -0.15) is 0 Å². The molecule has 3 rings (SSSR count). The van der Waals surface area contributed by atoms with Crippen LogP contribution in [0.1, 0.15) is 10.4 Å². The summed E-state index contributed by atoms with van der Waals surface area (Å²) in [6.45, 7) is 3.97. The van der Waals surface area contributed by atoms with Gasteiger partial charge in [-0.3, -0.25) is 15.1 Å². The Hall–Kier alpha value is -2.68. The maximum atomic E-state index is 13.0. The maximum Gasteiger partial charge on any atom is 0.265 e. The molecule has 4 N–H and O–H groups in total. The van der Waals surface area contributed by atoms with Crippen LogP contribution in [0, 0.1) is 5.82 Å². The van der Waals surface area contributed by atoms with Crippen LogP contribution in [0.4, 0.5) is 10.1 Å². The van der Waals surface area contributed by atoms with Gasteiger partial charge in [0.25, 0.3) is 5.91 Å². The fourth-order valence-corrected chi connectivity index (χ4v) is 3.17. The molecular weight excluding hydrogens is 363 g/mol. The zero-order valence-electron chi connectivity index (χ0n) is 15.6. The van der Waals surface area contributed by atoms with E-state index in [-0.39, 0.29) is 18.3 Å². The molecular formula is C20H25FN4O3. The van der Waals surface area contributed by atoms with Crippen molar-refractivity contribution in [3.8, 4) is 5.75 Å². The summed E-state index contributed by atoms with van der Waals surface area (Å²) in [4.78, 5) is 15.8. The van der Waals surface area contributed by atoms with E-state index in [0.717, 1.165) is 31.9 Å². The van der Waals surface area contributed by atoms with Crippen LogP contribution in [0.15, 0.2) is 48.5 Å². The number of benzene rings is 2. The molecule has 1 heterocycles. The van der Waals surface area contributed by atoms with Crippen LogP contribution in [0.2, 0.25) is 0 Å². The summed E-state index contributed by atoms with van der Waals surface area (Å²) in [6, 6.07) is 13.1. The lowest BCUT2D eigenvalue weighted by molar-refractivity contribution is 0.0663. The molecule has 0 aromatic heterocycles. The molecule has 2 aromatic rings. The Morgan fingerprint density at radius 3 is 2.36 bits per heavy atom. The third kappa shape index (κ3) is 5.41. The zero-order chi connectivity index (χ0) is 19.9. The number of hydrogen-bond acceptors (Lipinski definition) is 6. The average molecular weight is 388 g/mol. The Morgan fingerprint density at radius 2 is 1.75 bits per heavy atom. The number of piperazine rings is 1. The molecule has 150 valence electrons. The number of aliphatic hydroxyl groups excluding tert-OH is 1. The number of aliphatic hydroxyl groups is 1. The highest BCUT2D eigenvalue weighted by Gasteiger charge is 2.20. The Balaban J connectivity index is 1.40. The molecule has 2 aromatic carbocycles. The minimum absolute atomic E-state index is 0.167. The summed E-state index contributed by atoms with van der Waals surface area (Å²) in [5.74, 6) is 5.07. The summed E-state index contributed by atoms with van der Waals surface area (Å²) < 4.78 is 18.6. The summed E-state index contributed by atoms with van der Waals surface area (Å²) in [7, 11) is 0. The van der Waals surface area contributed by atoms with Gasteiger partial charge >= 0.3 is 0 Å². The average Bonchev–Trinajstić information content (AvgIpc) is 2.73. The normalized spacial score (nSPS) is 15.9. The number of nitrogen functional groups attached to an aromatic ring is 1. The number of nitrogens with zero attached hydrogens (tertiary/aromatic N) is 2. The molecule has 28 heavy (non-hydrogen) atoms. The highest BCUT2D eigenvalue weighted by Crippen LogP contribution is 2.17. The molecule has 8 heteroatoms. The molecule has 1 fully saturated rings. The van der Waals surface area contributed by atoms with Crippen LogP contribution in [-0.2, 0) is 0 Å². The number of hydrazine groups is 1. The smallest absolute Gasteiger partial charge is 0.265 e. The maximum absolute atomic E-state index is 13.0. The lowest BCUT2D eigenvalue weighted by Crippen LogP contribution is -2.49. The Bertz CT molecular complexity index is 762. The van der Waals surface area contributed by atoms with Crippen molar-refractivity contribution in [3.05, 3.63) is 59.9 Å². The number of rotatable bonds is 7. The second kappa shape index (κ2) is 9.50. The Morgan fingerprint density at radius 1 is 1.11 bits per heavy atom. The van der Waals surface area contributed by atoms with Crippen LogP contribution in [0.5, 0.6) is 5.75 Å². The van der Waals surface area contributed by atoms with E-state index in [1.54, 1.807) is 36.4 Å². The third-order valence-corrected chi connectivity index (χ3v) is 4.72. The van der Waals surface area contributed by atoms with Gasteiger partial charge in [0.05, 0.1) is 0 Å². The van der Waals surface area contributed by atoms with Crippen LogP contribution < -0.4 is 20.9 Å². The summed E-state index contributed by atoms with van der Waals surface area (Å²) in [5, 5.41) is 10.3. The Labute approximate surface area is 163 Å². The minimum Gasteiger partial charge on any atom is -0.491 e. The number of nitrogens with one attached hydrogen (secondary N) is 1. The zero-order valence-corrected chi connectivity index (χ0v) is 15.6. The molecule has 0 radical (unpaired) electrons. The summed E-state index contributed by atoms with van der Waals surface area (Å²) in [5.41, 5.74) is 3.52. The van der Waals surface area contributed by atoms with Crippen LogP contribution in [0.25, 0.3) is 0 Å². The first-order chi connectivity index (χ1) is 13.5. The van der Waals surface area contributed by atoms with Crippen LogP contribution in [-0.4, -0.2) is 61.3 Å².